The van der Waals surface area contributed by atoms with Crippen molar-refractivity contribution in [2.75, 3.05) is 9.80 Å². The first-order chi connectivity index (χ1) is 38.6. The molecule has 0 saturated carbocycles. The van der Waals surface area contributed by atoms with E-state index in [0.717, 1.165) is 72.3 Å². The molecule has 0 radical (unpaired) electrons. The Morgan fingerprint density at radius 2 is 1.01 bits per heavy atom. The van der Waals surface area contributed by atoms with Crippen molar-refractivity contribution in [2.45, 2.75) is 145 Å². The number of nitrogens with zero attached hydrogens (tertiary/aromatic N) is 4. The fraction of sp³-hybridized carbons (Fsp3) is 0.289. The van der Waals surface area contributed by atoms with Crippen molar-refractivity contribution in [3.05, 3.63) is 210 Å². The molecule has 3 aromatic heterocycles. The van der Waals surface area contributed by atoms with Crippen molar-refractivity contribution >= 4 is 66.5 Å². The molecule has 7 heteroatoms. The van der Waals surface area contributed by atoms with Crippen LogP contribution in [0.4, 0.5) is 22.7 Å². The number of pyridine rings is 1. The summed E-state index contributed by atoms with van der Waals surface area (Å²) in [5, 5.41) is 4.17. The Kier molecular flexibility index (Phi) is 14.1. The largest absolute Gasteiger partial charge is 0.509 e. The van der Waals surface area contributed by atoms with Crippen molar-refractivity contribution in [3.63, 3.8) is 0 Å². The van der Waals surface area contributed by atoms with E-state index in [-0.39, 0.29) is 48.1 Å². The first-order valence-electron chi connectivity index (χ1n) is 29.1. The summed E-state index contributed by atoms with van der Waals surface area (Å²) in [6.45, 7) is 41.5. The van der Waals surface area contributed by atoms with E-state index < -0.39 is 0 Å². The molecule has 0 amide bonds. The van der Waals surface area contributed by atoms with Crippen LogP contribution in [-0.2, 0) is 48.1 Å². The van der Waals surface area contributed by atoms with Crippen molar-refractivity contribution in [1.82, 2.24) is 9.55 Å². The average Bonchev–Trinajstić information content (AvgIpc) is 1.77. The van der Waals surface area contributed by atoms with Gasteiger partial charge < -0.3 is 23.5 Å². The maximum absolute atomic E-state index is 6.90. The molecule has 83 heavy (non-hydrogen) atoms. The van der Waals surface area contributed by atoms with Gasteiger partial charge in [0, 0.05) is 83.2 Å². The maximum Gasteiger partial charge on any atom is 0.135 e. The zero-order valence-corrected chi connectivity index (χ0v) is 53.7. The standard InChI is InChI=1S/C76H77N4O2.Pt/c1-46-35-47(2)68(49-38-53(75(12,13)14)41-54(39-49)76(15,16)17)70(67(46)48-36-51(73(6,7)8)40-52(37-48)74(9,10)11)79-45-78(61-26-19-20-27-62(61)79)55-23-22-24-56(43-55)81-57-29-30-60-64(44-57)80(66-42-50(33-34-77-66)72(3,4)5)63-32-31-59-58-25-18-21-28-65(58)82-71(59)69(60)63;/h18-42,45H,1-17H3;/q-3;. The third-order valence-corrected chi connectivity index (χ3v) is 16.7. The molecule has 12 rings (SSSR count). The summed E-state index contributed by atoms with van der Waals surface area (Å²) < 4.78 is 15.8. The minimum Gasteiger partial charge on any atom is -0.509 e. The second-order valence-corrected chi connectivity index (χ2v) is 28.1. The Balaban J connectivity index is 0.00000721. The molecule has 11 aromatic rings. The normalized spacial score (nSPS) is 13.4. The molecule has 0 fully saturated rings. The van der Waals surface area contributed by atoms with Gasteiger partial charge in [0.05, 0.1) is 0 Å². The quantitative estimate of drug-likeness (QED) is 0.149. The topological polar surface area (TPSA) is 46.7 Å². The smallest absolute Gasteiger partial charge is 0.135 e. The van der Waals surface area contributed by atoms with E-state index in [0.29, 0.717) is 11.5 Å². The van der Waals surface area contributed by atoms with Crippen LogP contribution >= 0.6 is 0 Å². The van der Waals surface area contributed by atoms with Gasteiger partial charge in [-0.2, -0.15) is 12.1 Å². The second-order valence-electron chi connectivity index (χ2n) is 28.1. The maximum atomic E-state index is 6.90. The van der Waals surface area contributed by atoms with Gasteiger partial charge in [-0.1, -0.05) is 188 Å². The van der Waals surface area contributed by atoms with Crippen LogP contribution in [0.3, 0.4) is 0 Å². The second kappa shape index (κ2) is 20.4. The SMILES string of the molecule is Cc1cc(C)c(-c2cc(C(C)(C)C)cc(C(C)(C)C)c2)c(N2[CH-]N(c3[c-]c(Oc4[c-]c5c(cc4)c4c6oc7ccccc7c6ccc4n5-c4cc(C(C)(C)C)ccn4)ccc3)c3ccccc32)c1-c1cc(C(C)(C)C)cc(C(C)(C)C)c1.[Pt]. The number of anilines is 4. The van der Waals surface area contributed by atoms with E-state index in [1.807, 2.05) is 30.5 Å². The molecule has 0 bridgehead atoms. The zero-order chi connectivity index (χ0) is 58.2. The number of para-hydroxylation sites is 3. The van der Waals surface area contributed by atoms with Crippen LogP contribution in [0.1, 0.15) is 143 Å². The molecule has 8 aromatic carbocycles. The molecule has 1 aliphatic rings. The molecule has 426 valence electrons. The van der Waals surface area contributed by atoms with Gasteiger partial charge in [-0.25, -0.2) is 4.98 Å². The van der Waals surface area contributed by atoms with Gasteiger partial charge in [-0.05, 0) is 139 Å². The summed E-state index contributed by atoms with van der Waals surface area (Å²) in [6.07, 6.45) is 1.91. The minimum absolute atomic E-state index is 0. The molecule has 0 unspecified atom stereocenters. The van der Waals surface area contributed by atoms with Crippen LogP contribution in [0, 0.1) is 32.6 Å². The number of ether oxygens (including phenoxy) is 1. The van der Waals surface area contributed by atoms with Crippen molar-refractivity contribution in [1.29, 1.82) is 0 Å². The van der Waals surface area contributed by atoms with Crippen molar-refractivity contribution in [3.8, 4) is 39.6 Å². The number of fused-ring (bicyclic) bond motifs is 8. The summed E-state index contributed by atoms with van der Waals surface area (Å²) in [7, 11) is 0. The molecular formula is C76H77N4O2Pt-3. The molecule has 0 N–H and O–H groups in total. The minimum atomic E-state index is -0.0857. The number of hydrogen-bond donors (Lipinski definition) is 0. The molecule has 4 heterocycles. The van der Waals surface area contributed by atoms with E-state index in [1.54, 1.807) is 0 Å². The Morgan fingerprint density at radius 3 is 1.59 bits per heavy atom. The van der Waals surface area contributed by atoms with Gasteiger partial charge >= 0.3 is 0 Å². The Hall–Kier alpha value is -7.40. The van der Waals surface area contributed by atoms with Crippen molar-refractivity contribution < 1.29 is 30.2 Å². The molecular weight excluding hydrogens is 1200 g/mol. The van der Waals surface area contributed by atoms with Crippen molar-refractivity contribution in [2.24, 2.45) is 0 Å². The predicted octanol–water partition coefficient (Wildman–Crippen LogP) is 21.3. The number of rotatable bonds is 7. The first-order valence-corrected chi connectivity index (χ1v) is 29.1. The van der Waals surface area contributed by atoms with Crippen LogP contribution in [0.25, 0.3) is 71.8 Å². The summed E-state index contributed by atoms with van der Waals surface area (Å²) in [6, 6.07) is 60.5. The Bertz CT molecular complexity index is 4180. The van der Waals surface area contributed by atoms with Crippen LogP contribution in [0.5, 0.6) is 11.5 Å². The van der Waals surface area contributed by atoms with Gasteiger partial charge in [0.2, 0.25) is 0 Å². The Morgan fingerprint density at radius 1 is 0.482 bits per heavy atom. The monoisotopic (exact) mass is 1270 g/mol. The number of aromatic nitrogens is 2. The molecule has 0 spiro atoms. The van der Waals surface area contributed by atoms with Crippen LogP contribution in [0.2, 0.25) is 0 Å². The number of aryl methyl sites for hydroxylation is 2. The van der Waals surface area contributed by atoms with E-state index in [1.165, 1.54) is 61.2 Å². The molecule has 0 aliphatic carbocycles. The van der Waals surface area contributed by atoms with E-state index in [2.05, 4.69) is 272 Å². The third kappa shape index (κ3) is 10.4. The fourth-order valence-electron chi connectivity index (χ4n) is 11.9. The molecule has 1 aliphatic heterocycles. The van der Waals surface area contributed by atoms with Crippen LogP contribution in [0.15, 0.2) is 156 Å². The zero-order valence-electron chi connectivity index (χ0n) is 51.4. The average molecular weight is 1270 g/mol. The number of benzene rings is 8. The van der Waals surface area contributed by atoms with Gasteiger partial charge in [-0.15, -0.1) is 42.7 Å². The van der Waals surface area contributed by atoms with Crippen LogP contribution in [-0.4, -0.2) is 9.55 Å². The fourth-order valence-corrected chi connectivity index (χ4v) is 11.9. The molecule has 0 atom stereocenters. The van der Waals surface area contributed by atoms with E-state index >= 15 is 0 Å². The van der Waals surface area contributed by atoms with Gasteiger partial charge in [0.15, 0.2) is 0 Å². The van der Waals surface area contributed by atoms with Gasteiger partial charge in [0.25, 0.3) is 0 Å². The van der Waals surface area contributed by atoms with E-state index in [4.69, 9.17) is 14.1 Å². The number of hydrogen-bond acceptors (Lipinski definition) is 5. The molecule has 0 saturated heterocycles. The molecule has 6 nitrogen and oxygen atoms in total. The predicted molar refractivity (Wildman–Crippen MR) is 345 cm³/mol. The summed E-state index contributed by atoms with van der Waals surface area (Å²) in [5.74, 6) is 1.94. The summed E-state index contributed by atoms with van der Waals surface area (Å²) >= 11 is 0. The van der Waals surface area contributed by atoms with Crippen LogP contribution < -0.4 is 14.5 Å². The number of furan rings is 1. The third-order valence-electron chi connectivity index (χ3n) is 16.7. The summed E-state index contributed by atoms with van der Waals surface area (Å²) in [4.78, 5) is 9.71. The van der Waals surface area contributed by atoms with Gasteiger partial charge in [-0.3, -0.25) is 0 Å². The van der Waals surface area contributed by atoms with Gasteiger partial charge in [0.1, 0.15) is 17.0 Å². The van der Waals surface area contributed by atoms with E-state index in [9.17, 15) is 0 Å². The first kappa shape index (κ1) is 57.4. The summed E-state index contributed by atoms with van der Waals surface area (Å²) in [5.41, 5.74) is 21.0. The Labute approximate surface area is 506 Å².